The van der Waals surface area contributed by atoms with Gasteiger partial charge in [-0.1, -0.05) is 0 Å². The first-order valence-corrected chi connectivity index (χ1v) is 5.15. The number of rotatable bonds is 3. The highest BCUT2D eigenvalue weighted by molar-refractivity contribution is 5.35. The largest absolute Gasteiger partial charge is 0.366 e. The summed E-state index contributed by atoms with van der Waals surface area (Å²) >= 11 is 0. The zero-order valence-electron chi connectivity index (χ0n) is 7.86. The van der Waals surface area contributed by atoms with Crippen LogP contribution in [0, 0.1) is 11.8 Å². The van der Waals surface area contributed by atoms with Gasteiger partial charge in [0.25, 0.3) is 5.56 Å². The molecule has 74 valence electrons. The first-order chi connectivity index (χ1) is 6.83. The number of anilines is 1. The van der Waals surface area contributed by atoms with Gasteiger partial charge in [-0.15, -0.1) is 0 Å². The standard InChI is InChI=1S/C10H13N3O/c14-10-4-3-9(12-13-10)11-8-5-7(8)6-1-2-6/h3-4,6-8H,1-2,5H2,(H,11,12)(H,13,14). The van der Waals surface area contributed by atoms with Crippen LogP contribution in [0.2, 0.25) is 0 Å². The topological polar surface area (TPSA) is 57.8 Å². The molecule has 2 aliphatic rings. The first-order valence-electron chi connectivity index (χ1n) is 5.15. The minimum absolute atomic E-state index is 0.148. The van der Waals surface area contributed by atoms with Crippen LogP contribution in [-0.4, -0.2) is 16.2 Å². The Kier molecular flexibility index (Phi) is 1.63. The molecule has 0 amide bonds. The quantitative estimate of drug-likeness (QED) is 0.748. The van der Waals surface area contributed by atoms with Crippen molar-refractivity contribution in [2.45, 2.75) is 25.3 Å². The molecule has 0 saturated heterocycles. The third-order valence-corrected chi connectivity index (χ3v) is 3.08. The number of hydrogen-bond donors (Lipinski definition) is 2. The molecule has 2 aliphatic carbocycles. The molecular formula is C10H13N3O. The Labute approximate surface area is 81.7 Å². The fraction of sp³-hybridized carbons (Fsp3) is 0.600. The van der Waals surface area contributed by atoms with Gasteiger partial charge < -0.3 is 5.32 Å². The van der Waals surface area contributed by atoms with E-state index in [4.69, 9.17) is 0 Å². The third-order valence-electron chi connectivity index (χ3n) is 3.08. The van der Waals surface area contributed by atoms with Crippen molar-refractivity contribution >= 4 is 5.82 Å². The van der Waals surface area contributed by atoms with Gasteiger partial charge in [-0.3, -0.25) is 4.79 Å². The molecule has 4 nitrogen and oxygen atoms in total. The molecule has 2 fully saturated rings. The molecule has 0 bridgehead atoms. The van der Waals surface area contributed by atoms with E-state index in [9.17, 15) is 4.79 Å². The average Bonchev–Trinajstić information content (AvgIpc) is 2.99. The van der Waals surface area contributed by atoms with E-state index < -0.39 is 0 Å². The number of nitrogens with one attached hydrogen (secondary N) is 2. The molecule has 0 radical (unpaired) electrons. The van der Waals surface area contributed by atoms with Gasteiger partial charge in [-0.2, -0.15) is 5.10 Å². The van der Waals surface area contributed by atoms with Crippen molar-refractivity contribution in [1.82, 2.24) is 10.2 Å². The number of aromatic nitrogens is 2. The lowest BCUT2D eigenvalue weighted by atomic mass is 10.3. The molecule has 4 heteroatoms. The SMILES string of the molecule is O=c1ccc(NC2CC2C2CC2)n[nH]1. The van der Waals surface area contributed by atoms with Crippen molar-refractivity contribution < 1.29 is 0 Å². The second kappa shape index (κ2) is 2.83. The minimum Gasteiger partial charge on any atom is -0.366 e. The lowest BCUT2D eigenvalue weighted by Gasteiger charge is -2.02. The van der Waals surface area contributed by atoms with Crippen LogP contribution in [0.25, 0.3) is 0 Å². The lowest BCUT2D eigenvalue weighted by Crippen LogP contribution is -2.11. The van der Waals surface area contributed by atoms with E-state index in [1.807, 2.05) is 0 Å². The van der Waals surface area contributed by atoms with Crippen molar-refractivity contribution in [1.29, 1.82) is 0 Å². The second-order valence-electron chi connectivity index (χ2n) is 4.29. The Morgan fingerprint density at radius 2 is 2.29 bits per heavy atom. The maximum Gasteiger partial charge on any atom is 0.264 e. The van der Waals surface area contributed by atoms with Crippen LogP contribution in [0.3, 0.4) is 0 Å². The van der Waals surface area contributed by atoms with E-state index >= 15 is 0 Å². The number of H-pyrrole nitrogens is 1. The molecule has 14 heavy (non-hydrogen) atoms. The molecule has 2 saturated carbocycles. The van der Waals surface area contributed by atoms with Gasteiger partial charge in [-0.05, 0) is 37.2 Å². The Balaban J connectivity index is 1.62. The van der Waals surface area contributed by atoms with Gasteiger partial charge in [0.05, 0.1) is 0 Å². The van der Waals surface area contributed by atoms with Crippen LogP contribution in [0.1, 0.15) is 19.3 Å². The van der Waals surface area contributed by atoms with E-state index in [0.29, 0.717) is 6.04 Å². The Bertz CT molecular complexity index is 376. The van der Waals surface area contributed by atoms with Gasteiger partial charge in [-0.25, -0.2) is 5.10 Å². The smallest absolute Gasteiger partial charge is 0.264 e. The molecule has 1 aromatic heterocycles. The summed E-state index contributed by atoms with van der Waals surface area (Å²) in [5, 5.41) is 9.68. The molecule has 1 aromatic rings. The monoisotopic (exact) mass is 191 g/mol. The summed E-state index contributed by atoms with van der Waals surface area (Å²) < 4.78 is 0. The Morgan fingerprint density at radius 1 is 1.43 bits per heavy atom. The van der Waals surface area contributed by atoms with Crippen LogP contribution in [0.4, 0.5) is 5.82 Å². The number of aromatic amines is 1. The zero-order valence-corrected chi connectivity index (χ0v) is 7.86. The normalized spacial score (nSPS) is 30.0. The lowest BCUT2D eigenvalue weighted by molar-refractivity contribution is 0.696. The summed E-state index contributed by atoms with van der Waals surface area (Å²) in [6, 6.07) is 3.84. The summed E-state index contributed by atoms with van der Waals surface area (Å²) in [7, 11) is 0. The number of nitrogens with zero attached hydrogens (tertiary/aromatic N) is 1. The summed E-state index contributed by atoms with van der Waals surface area (Å²) in [5.74, 6) is 2.62. The maximum absolute atomic E-state index is 10.8. The number of hydrogen-bond acceptors (Lipinski definition) is 3. The van der Waals surface area contributed by atoms with E-state index in [0.717, 1.165) is 17.7 Å². The molecule has 2 N–H and O–H groups in total. The third kappa shape index (κ3) is 1.52. The first kappa shape index (κ1) is 8.03. The Morgan fingerprint density at radius 3 is 2.93 bits per heavy atom. The summed E-state index contributed by atoms with van der Waals surface area (Å²) in [6.45, 7) is 0. The molecule has 0 spiro atoms. The maximum atomic E-state index is 10.8. The van der Waals surface area contributed by atoms with Gasteiger partial charge >= 0.3 is 0 Å². The van der Waals surface area contributed by atoms with E-state index in [2.05, 4.69) is 15.5 Å². The fourth-order valence-electron chi connectivity index (χ4n) is 2.04. The van der Waals surface area contributed by atoms with Crippen molar-refractivity contribution in [3.05, 3.63) is 22.5 Å². The highest BCUT2D eigenvalue weighted by Crippen LogP contribution is 2.50. The van der Waals surface area contributed by atoms with Crippen LogP contribution in [0.5, 0.6) is 0 Å². The highest BCUT2D eigenvalue weighted by Gasteiger charge is 2.47. The second-order valence-corrected chi connectivity index (χ2v) is 4.29. The van der Waals surface area contributed by atoms with E-state index in [1.165, 1.54) is 25.3 Å². The van der Waals surface area contributed by atoms with Crippen LogP contribution in [-0.2, 0) is 0 Å². The van der Waals surface area contributed by atoms with Gasteiger partial charge in [0, 0.05) is 12.1 Å². The predicted molar refractivity (Wildman–Crippen MR) is 53.1 cm³/mol. The van der Waals surface area contributed by atoms with Crippen molar-refractivity contribution in [3.8, 4) is 0 Å². The minimum atomic E-state index is -0.148. The molecule has 2 atom stereocenters. The zero-order chi connectivity index (χ0) is 9.54. The molecule has 0 aliphatic heterocycles. The van der Waals surface area contributed by atoms with Crippen LogP contribution < -0.4 is 10.9 Å². The molecule has 0 aromatic carbocycles. The summed E-state index contributed by atoms with van der Waals surface area (Å²) in [5.41, 5.74) is -0.148. The fourth-order valence-corrected chi connectivity index (χ4v) is 2.04. The molecule has 1 heterocycles. The van der Waals surface area contributed by atoms with Gasteiger partial charge in [0.15, 0.2) is 0 Å². The van der Waals surface area contributed by atoms with Gasteiger partial charge in [0.2, 0.25) is 0 Å². The van der Waals surface area contributed by atoms with Crippen molar-refractivity contribution in [3.63, 3.8) is 0 Å². The van der Waals surface area contributed by atoms with Crippen LogP contribution in [0.15, 0.2) is 16.9 Å². The van der Waals surface area contributed by atoms with Crippen molar-refractivity contribution in [2.24, 2.45) is 11.8 Å². The Hall–Kier alpha value is -1.32. The van der Waals surface area contributed by atoms with E-state index in [-0.39, 0.29) is 5.56 Å². The van der Waals surface area contributed by atoms with Crippen LogP contribution >= 0.6 is 0 Å². The van der Waals surface area contributed by atoms with Crippen molar-refractivity contribution in [2.75, 3.05) is 5.32 Å². The molecule has 3 rings (SSSR count). The summed E-state index contributed by atoms with van der Waals surface area (Å²) in [6.07, 6.45) is 4.08. The predicted octanol–water partition coefficient (Wildman–Crippen LogP) is 0.980. The molecular weight excluding hydrogens is 178 g/mol. The summed E-state index contributed by atoms with van der Waals surface area (Å²) in [4.78, 5) is 10.8. The van der Waals surface area contributed by atoms with E-state index in [1.54, 1.807) is 6.07 Å². The highest BCUT2D eigenvalue weighted by atomic mass is 16.1. The molecule has 2 unspecified atom stereocenters. The average molecular weight is 191 g/mol. The van der Waals surface area contributed by atoms with Gasteiger partial charge in [0.1, 0.15) is 5.82 Å².